The number of benzene rings is 1. The molecule has 0 aliphatic rings. The topological polar surface area (TPSA) is 63.2 Å². The smallest absolute Gasteiger partial charge is 0.315 e. The summed E-state index contributed by atoms with van der Waals surface area (Å²) in [4.78, 5) is 17.3. The molecule has 0 aliphatic carbocycles. The van der Waals surface area contributed by atoms with Crippen LogP contribution in [-0.4, -0.2) is 24.2 Å². The molecule has 0 saturated heterocycles. The monoisotopic (exact) mass is 353 g/mol. The van der Waals surface area contributed by atoms with Gasteiger partial charge in [-0.2, -0.15) is 0 Å². The lowest BCUT2D eigenvalue weighted by atomic mass is 10.1. The SMILES string of the molecule is COc1ccc(-c2nc(C)sc2CNC(=O)NC(C)C)cc1Cl. The van der Waals surface area contributed by atoms with Crippen LogP contribution in [0.25, 0.3) is 11.3 Å². The van der Waals surface area contributed by atoms with Gasteiger partial charge >= 0.3 is 6.03 Å². The van der Waals surface area contributed by atoms with Crippen molar-refractivity contribution < 1.29 is 9.53 Å². The maximum atomic E-state index is 11.7. The quantitative estimate of drug-likeness (QED) is 0.854. The molecule has 1 aromatic carbocycles. The van der Waals surface area contributed by atoms with Crippen LogP contribution in [0.4, 0.5) is 4.79 Å². The minimum Gasteiger partial charge on any atom is -0.495 e. The Hall–Kier alpha value is -1.79. The zero-order valence-corrected chi connectivity index (χ0v) is 15.1. The zero-order chi connectivity index (χ0) is 17.0. The summed E-state index contributed by atoms with van der Waals surface area (Å²) >= 11 is 7.75. The first-order valence-electron chi connectivity index (χ1n) is 7.25. The summed E-state index contributed by atoms with van der Waals surface area (Å²) in [7, 11) is 1.58. The van der Waals surface area contributed by atoms with Crippen molar-refractivity contribution >= 4 is 29.0 Å². The average Bonchev–Trinajstić information content (AvgIpc) is 2.85. The number of urea groups is 1. The second-order valence-corrected chi connectivity index (χ2v) is 7.03. The summed E-state index contributed by atoms with van der Waals surface area (Å²) in [5.41, 5.74) is 1.74. The summed E-state index contributed by atoms with van der Waals surface area (Å²) < 4.78 is 5.17. The molecule has 23 heavy (non-hydrogen) atoms. The van der Waals surface area contributed by atoms with E-state index in [-0.39, 0.29) is 12.1 Å². The predicted octanol–water partition coefficient (Wildman–Crippen LogP) is 3.99. The predicted molar refractivity (Wildman–Crippen MR) is 94.4 cm³/mol. The second kappa shape index (κ2) is 7.66. The van der Waals surface area contributed by atoms with E-state index < -0.39 is 0 Å². The highest BCUT2D eigenvalue weighted by Gasteiger charge is 2.14. The number of methoxy groups -OCH3 is 1. The molecule has 2 aromatic rings. The summed E-state index contributed by atoms with van der Waals surface area (Å²) in [6.07, 6.45) is 0. The van der Waals surface area contributed by atoms with Gasteiger partial charge < -0.3 is 15.4 Å². The van der Waals surface area contributed by atoms with Crippen LogP contribution in [0.5, 0.6) is 5.75 Å². The van der Waals surface area contributed by atoms with Crippen molar-refractivity contribution in [3.63, 3.8) is 0 Å². The van der Waals surface area contributed by atoms with Crippen molar-refractivity contribution in [1.82, 2.24) is 15.6 Å². The van der Waals surface area contributed by atoms with Crippen LogP contribution in [0.15, 0.2) is 18.2 Å². The number of hydrogen-bond acceptors (Lipinski definition) is 4. The van der Waals surface area contributed by atoms with Gasteiger partial charge in [0.25, 0.3) is 0 Å². The summed E-state index contributed by atoms with van der Waals surface area (Å²) in [6.45, 7) is 6.20. The van der Waals surface area contributed by atoms with Crippen LogP contribution >= 0.6 is 22.9 Å². The Bertz CT molecular complexity index is 701. The van der Waals surface area contributed by atoms with Crippen LogP contribution in [0.3, 0.4) is 0 Å². The number of nitrogens with one attached hydrogen (secondary N) is 2. The van der Waals surface area contributed by atoms with E-state index in [4.69, 9.17) is 16.3 Å². The highest BCUT2D eigenvalue weighted by molar-refractivity contribution is 7.12. The Morgan fingerprint density at radius 1 is 1.43 bits per heavy atom. The molecule has 2 rings (SSSR count). The third-order valence-electron chi connectivity index (χ3n) is 3.06. The standard InChI is InChI=1S/C16H20ClN3O2S/c1-9(2)19-16(21)18-8-14-15(20-10(3)23-14)11-5-6-13(22-4)12(17)7-11/h5-7,9H,8H2,1-4H3,(H2,18,19,21). The van der Waals surface area contributed by atoms with E-state index in [2.05, 4.69) is 15.6 Å². The molecular weight excluding hydrogens is 334 g/mol. The molecule has 0 unspecified atom stereocenters. The summed E-state index contributed by atoms with van der Waals surface area (Å²) in [5.74, 6) is 0.623. The number of thiazole rings is 1. The number of rotatable bonds is 5. The highest BCUT2D eigenvalue weighted by Crippen LogP contribution is 2.33. The average molecular weight is 354 g/mol. The highest BCUT2D eigenvalue weighted by atomic mass is 35.5. The van der Waals surface area contributed by atoms with Crippen molar-refractivity contribution in [3.05, 3.63) is 33.1 Å². The van der Waals surface area contributed by atoms with E-state index in [0.29, 0.717) is 17.3 Å². The minimum atomic E-state index is -0.190. The number of halogens is 1. The molecule has 0 spiro atoms. The van der Waals surface area contributed by atoms with E-state index >= 15 is 0 Å². The molecule has 2 N–H and O–H groups in total. The Morgan fingerprint density at radius 2 is 2.17 bits per heavy atom. The first-order chi connectivity index (χ1) is 10.9. The Balaban J connectivity index is 2.20. The van der Waals surface area contributed by atoms with E-state index in [1.807, 2.05) is 39.0 Å². The Labute approximate surface area is 145 Å². The number of carbonyl (C=O) groups excluding carboxylic acids is 1. The molecule has 0 radical (unpaired) electrons. The van der Waals surface area contributed by atoms with Crippen molar-refractivity contribution in [2.24, 2.45) is 0 Å². The van der Waals surface area contributed by atoms with Gasteiger partial charge in [0, 0.05) is 11.6 Å². The number of ether oxygens (including phenoxy) is 1. The van der Waals surface area contributed by atoms with Crippen LogP contribution in [0.1, 0.15) is 23.7 Å². The van der Waals surface area contributed by atoms with E-state index in [1.54, 1.807) is 18.4 Å². The number of aryl methyl sites for hydroxylation is 1. The van der Waals surface area contributed by atoms with E-state index in [0.717, 1.165) is 21.1 Å². The Kier molecular flexibility index (Phi) is 5.85. The molecule has 0 saturated carbocycles. The Morgan fingerprint density at radius 3 is 2.78 bits per heavy atom. The first-order valence-corrected chi connectivity index (χ1v) is 8.44. The van der Waals surface area contributed by atoms with Crippen LogP contribution in [0, 0.1) is 6.92 Å². The number of carbonyl (C=O) groups is 1. The first kappa shape index (κ1) is 17.6. The fraction of sp³-hybridized carbons (Fsp3) is 0.375. The van der Waals surface area contributed by atoms with Gasteiger partial charge in [0.2, 0.25) is 0 Å². The molecule has 1 heterocycles. The van der Waals surface area contributed by atoms with Crippen LogP contribution in [0.2, 0.25) is 5.02 Å². The van der Waals surface area contributed by atoms with Gasteiger partial charge in [0.15, 0.2) is 0 Å². The maximum Gasteiger partial charge on any atom is 0.315 e. The number of aromatic nitrogens is 1. The number of amides is 2. The summed E-state index contributed by atoms with van der Waals surface area (Å²) in [5, 5.41) is 7.13. The van der Waals surface area contributed by atoms with Crippen molar-refractivity contribution in [2.45, 2.75) is 33.4 Å². The van der Waals surface area contributed by atoms with Crippen molar-refractivity contribution in [2.75, 3.05) is 7.11 Å². The molecule has 7 heteroatoms. The lowest BCUT2D eigenvalue weighted by Crippen LogP contribution is -2.38. The third kappa shape index (κ3) is 4.59. The van der Waals surface area contributed by atoms with Crippen LogP contribution in [-0.2, 0) is 6.54 Å². The second-order valence-electron chi connectivity index (χ2n) is 5.34. The van der Waals surface area contributed by atoms with E-state index in [1.165, 1.54) is 0 Å². The molecular formula is C16H20ClN3O2S. The lowest BCUT2D eigenvalue weighted by molar-refractivity contribution is 0.238. The van der Waals surface area contributed by atoms with Gasteiger partial charge in [-0.3, -0.25) is 0 Å². The minimum absolute atomic E-state index is 0.0954. The van der Waals surface area contributed by atoms with E-state index in [9.17, 15) is 4.79 Å². The molecule has 0 atom stereocenters. The van der Waals surface area contributed by atoms with Gasteiger partial charge in [-0.25, -0.2) is 9.78 Å². The molecule has 0 fully saturated rings. The number of nitrogens with zero attached hydrogens (tertiary/aromatic N) is 1. The van der Waals surface area contributed by atoms with Crippen LogP contribution < -0.4 is 15.4 Å². The fourth-order valence-corrected chi connectivity index (χ4v) is 3.26. The van der Waals surface area contributed by atoms with Gasteiger partial charge in [-0.15, -0.1) is 11.3 Å². The molecule has 5 nitrogen and oxygen atoms in total. The molecule has 1 aromatic heterocycles. The lowest BCUT2D eigenvalue weighted by Gasteiger charge is -2.10. The van der Waals surface area contributed by atoms with Gasteiger partial charge in [-0.05, 0) is 39.0 Å². The van der Waals surface area contributed by atoms with Crippen molar-refractivity contribution in [1.29, 1.82) is 0 Å². The maximum absolute atomic E-state index is 11.7. The molecule has 2 amide bonds. The van der Waals surface area contributed by atoms with Crippen molar-refractivity contribution in [3.8, 4) is 17.0 Å². The number of hydrogen-bond donors (Lipinski definition) is 2. The largest absolute Gasteiger partial charge is 0.495 e. The zero-order valence-electron chi connectivity index (χ0n) is 13.6. The molecule has 0 bridgehead atoms. The summed E-state index contributed by atoms with van der Waals surface area (Å²) in [6, 6.07) is 5.46. The van der Waals surface area contributed by atoms with Gasteiger partial charge in [0.1, 0.15) is 5.75 Å². The third-order valence-corrected chi connectivity index (χ3v) is 4.32. The van der Waals surface area contributed by atoms with Gasteiger partial charge in [-0.1, -0.05) is 11.6 Å². The normalized spacial score (nSPS) is 10.7. The molecule has 124 valence electrons. The fourth-order valence-electron chi connectivity index (χ4n) is 2.10. The molecule has 0 aliphatic heterocycles. The van der Waals surface area contributed by atoms with Gasteiger partial charge in [0.05, 0.1) is 34.3 Å².